The van der Waals surface area contributed by atoms with Gasteiger partial charge in [0.25, 0.3) is 0 Å². The Bertz CT molecular complexity index is 740. The Morgan fingerprint density at radius 1 is 1.11 bits per heavy atom. The van der Waals surface area contributed by atoms with E-state index in [1.54, 1.807) is 11.3 Å². The van der Waals surface area contributed by atoms with Crippen molar-refractivity contribution in [3.63, 3.8) is 0 Å². The van der Waals surface area contributed by atoms with Gasteiger partial charge in [0.1, 0.15) is 0 Å². The van der Waals surface area contributed by atoms with Crippen LogP contribution in [-0.2, 0) is 34.9 Å². The molecule has 96 valence electrons. The van der Waals surface area contributed by atoms with Crippen LogP contribution in [0.25, 0.3) is 4.96 Å². The average Bonchev–Trinajstić information content (AvgIpc) is 2.83. The van der Waals surface area contributed by atoms with Crippen LogP contribution in [0, 0.1) is 0 Å². The van der Waals surface area contributed by atoms with Crippen LogP contribution >= 0.6 is 11.3 Å². The Hall–Kier alpha value is -0.880. The molecule has 0 amide bonds. The highest BCUT2D eigenvalue weighted by atomic mass is 32.2. The van der Waals surface area contributed by atoms with Crippen molar-refractivity contribution in [3.05, 3.63) is 22.0 Å². The zero-order valence-corrected chi connectivity index (χ0v) is 11.6. The van der Waals surface area contributed by atoms with E-state index in [1.165, 1.54) is 23.4 Å². The molecule has 1 aliphatic carbocycles. The van der Waals surface area contributed by atoms with Crippen LogP contribution in [0.4, 0.5) is 0 Å². The van der Waals surface area contributed by atoms with E-state index in [2.05, 4.69) is 9.38 Å². The Morgan fingerprint density at radius 3 is 2.83 bits per heavy atom. The van der Waals surface area contributed by atoms with Gasteiger partial charge in [0, 0.05) is 17.0 Å². The number of aromatic nitrogens is 2. The molecule has 1 aliphatic heterocycles. The quantitative estimate of drug-likeness (QED) is 0.739. The second-order valence-electron chi connectivity index (χ2n) is 5.14. The number of aryl methyl sites for hydroxylation is 3. The Morgan fingerprint density at radius 2 is 1.94 bits per heavy atom. The normalized spacial score (nSPS) is 21.8. The maximum Gasteiger partial charge on any atom is 0.194 e. The molecule has 0 bridgehead atoms. The highest BCUT2D eigenvalue weighted by Crippen LogP contribution is 2.34. The summed E-state index contributed by atoms with van der Waals surface area (Å²) in [5, 5.41) is 0. The summed E-state index contributed by atoms with van der Waals surface area (Å²) in [6, 6.07) is 0. The molecule has 0 N–H and O–H groups in total. The molecule has 0 spiro atoms. The van der Waals surface area contributed by atoms with Gasteiger partial charge >= 0.3 is 0 Å². The molecule has 2 aliphatic rings. The van der Waals surface area contributed by atoms with Crippen LogP contribution in [0.15, 0.2) is 0 Å². The summed E-state index contributed by atoms with van der Waals surface area (Å²) < 4.78 is 25.8. The summed E-state index contributed by atoms with van der Waals surface area (Å²) in [6.45, 7) is 0. The van der Waals surface area contributed by atoms with Crippen LogP contribution in [0.2, 0.25) is 0 Å². The van der Waals surface area contributed by atoms with Crippen LogP contribution < -0.4 is 0 Å². The van der Waals surface area contributed by atoms with E-state index in [0.717, 1.165) is 29.2 Å². The van der Waals surface area contributed by atoms with Crippen molar-refractivity contribution in [2.45, 2.75) is 37.9 Å². The molecular formula is C12H14N2O2S2. The number of nitrogens with zero attached hydrogens (tertiary/aromatic N) is 2. The zero-order valence-electron chi connectivity index (χ0n) is 9.98. The molecule has 0 fully saturated rings. The standard InChI is InChI=1S/C12H14N2O2S2/c15-18(16)6-5-8-10(7-18)14-9-3-1-2-4-11(9)17-12(14)13-8/h1-7H2. The highest BCUT2D eigenvalue weighted by molar-refractivity contribution is 7.90. The second-order valence-corrected chi connectivity index (χ2v) is 8.39. The summed E-state index contributed by atoms with van der Waals surface area (Å²) >= 11 is 1.75. The molecule has 18 heavy (non-hydrogen) atoms. The number of hydrogen-bond donors (Lipinski definition) is 0. The van der Waals surface area contributed by atoms with E-state index in [0.29, 0.717) is 6.42 Å². The summed E-state index contributed by atoms with van der Waals surface area (Å²) in [6.07, 6.45) is 5.24. The molecule has 0 unspecified atom stereocenters. The number of thiazole rings is 1. The molecule has 2 aromatic heterocycles. The largest absolute Gasteiger partial charge is 0.290 e. The maximum atomic E-state index is 11.8. The van der Waals surface area contributed by atoms with Crippen molar-refractivity contribution in [1.29, 1.82) is 0 Å². The monoisotopic (exact) mass is 282 g/mol. The van der Waals surface area contributed by atoms with Gasteiger partial charge < -0.3 is 0 Å². The molecule has 6 heteroatoms. The van der Waals surface area contributed by atoms with Gasteiger partial charge in [-0.15, -0.1) is 11.3 Å². The van der Waals surface area contributed by atoms with Gasteiger partial charge in [0.15, 0.2) is 14.8 Å². The first-order chi connectivity index (χ1) is 8.64. The van der Waals surface area contributed by atoms with Gasteiger partial charge in [-0.2, -0.15) is 0 Å². The summed E-state index contributed by atoms with van der Waals surface area (Å²) in [4.78, 5) is 7.06. The first-order valence-corrected chi connectivity index (χ1v) is 8.99. The Balaban J connectivity index is 2.00. The third-order valence-electron chi connectivity index (χ3n) is 3.91. The molecule has 0 saturated carbocycles. The maximum absolute atomic E-state index is 11.8. The SMILES string of the molecule is O=S1(=O)CCc2nc3sc4c(n3c2C1)CCCC4. The fourth-order valence-electron chi connectivity index (χ4n) is 3.02. The third-order valence-corrected chi connectivity index (χ3v) is 6.59. The fraction of sp³-hybridized carbons (Fsp3) is 0.583. The minimum absolute atomic E-state index is 0.173. The zero-order chi connectivity index (χ0) is 12.3. The second kappa shape index (κ2) is 3.57. The number of hydrogen-bond acceptors (Lipinski definition) is 4. The van der Waals surface area contributed by atoms with Crippen LogP contribution in [0.3, 0.4) is 0 Å². The van der Waals surface area contributed by atoms with Crippen LogP contribution in [-0.4, -0.2) is 23.6 Å². The molecule has 0 radical (unpaired) electrons. The predicted octanol–water partition coefficient (Wildman–Crippen LogP) is 1.75. The van der Waals surface area contributed by atoms with E-state index in [-0.39, 0.29) is 11.5 Å². The molecule has 4 nitrogen and oxygen atoms in total. The Kier molecular flexibility index (Phi) is 2.18. The molecule has 2 aromatic rings. The van der Waals surface area contributed by atoms with Crippen molar-refractivity contribution in [1.82, 2.24) is 9.38 Å². The van der Waals surface area contributed by atoms with Crippen molar-refractivity contribution in [3.8, 4) is 0 Å². The fourth-order valence-corrected chi connectivity index (χ4v) is 5.63. The highest BCUT2D eigenvalue weighted by Gasteiger charge is 2.29. The van der Waals surface area contributed by atoms with Crippen molar-refractivity contribution in [2.75, 3.05) is 5.75 Å². The number of fused-ring (bicyclic) bond motifs is 5. The lowest BCUT2D eigenvalue weighted by Crippen LogP contribution is -2.20. The van der Waals surface area contributed by atoms with E-state index >= 15 is 0 Å². The van der Waals surface area contributed by atoms with Crippen LogP contribution in [0.1, 0.15) is 34.8 Å². The van der Waals surface area contributed by atoms with Gasteiger partial charge in [0.05, 0.1) is 22.9 Å². The van der Waals surface area contributed by atoms with Gasteiger partial charge in [-0.25, -0.2) is 13.4 Å². The summed E-state index contributed by atoms with van der Waals surface area (Å²) in [5.41, 5.74) is 3.27. The van der Waals surface area contributed by atoms with Crippen molar-refractivity contribution >= 4 is 26.1 Å². The molecule has 3 heterocycles. The smallest absolute Gasteiger partial charge is 0.194 e. The van der Waals surface area contributed by atoms with Crippen LogP contribution in [0.5, 0.6) is 0 Å². The molecular weight excluding hydrogens is 268 g/mol. The van der Waals surface area contributed by atoms with Gasteiger partial charge in [-0.1, -0.05) is 0 Å². The summed E-state index contributed by atoms with van der Waals surface area (Å²) in [5.74, 6) is 0.430. The first-order valence-electron chi connectivity index (χ1n) is 6.35. The topological polar surface area (TPSA) is 51.4 Å². The van der Waals surface area contributed by atoms with Gasteiger partial charge in [-0.3, -0.25) is 4.40 Å². The molecule has 0 saturated heterocycles. The average molecular weight is 282 g/mol. The van der Waals surface area contributed by atoms with E-state index in [4.69, 9.17) is 0 Å². The minimum Gasteiger partial charge on any atom is -0.290 e. The lowest BCUT2D eigenvalue weighted by Gasteiger charge is -2.15. The molecule has 4 rings (SSSR count). The summed E-state index contributed by atoms with van der Waals surface area (Å²) in [7, 11) is -2.92. The lowest BCUT2D eigenvalue weighted by atomic mass is 10.0. The number of imidazole rings is 1. The van der Waals surface area contributed by atoms with E-state index < -0.39 is 9.84 Å². The van der Waals surface area contributed by atoms with Gasteiger partial charge in [0.2, 0.25) is 0 Å². The van der Waals surface area contributed by atoms with Gasteiger partial charge in [-0.05, 0) is 25.7 Å². The molecule has 0 aromatic carbocycles. The number of rotatable bonds is 0. The first kappa shape index (κ1) is 11.0. The lowest BCUT2D eigenvalue weighted by molar-refractivity contribution is 0.589. The van der Waals surface area contributed by atoms with Crippen molar-refractivity contribution in [2.24, 2.45) is 0 Å². The molecule has 0 atom stereocenters. The van der Waals surface area contributed by atoms with Crippen molar-refractivity contribution < 1.29 is 8.42 Å². The predicted molar refractivity (Wildman–Crippen MR) is 70.9 cm³/mol. The minimum atomic E-state index is -2.92. The third kappa shape index (κ3) is 1.48. The Labute approximate surface area is 110 Å². The number of sulfone groups is 1. The van der Waals surface area contributed by atoms with E-state index in [9.17, 15) is 8.42 Å². The van der Waals surface area contributed by atoms with E-state index in [1.807, 2.05) is 0 Å².